The van der Waals surface area contributed by atoms with Gasteiger partial charge in [0.1, 0.15) is 0 Å². The summed E-state index contributed by atoms with van der Waals surface area (Å²) in [5, 5.41) is 10.8. The third-order valence-corrected chi connectivity index (χ3v) is 3.69. The largest absolute Gasteiger partial charge is 0.336 e. The minimum Gasteiger partial charge on any atom is -0.336 e. The Kier molecular flexibility index (Phi) is 4.68. The number of carbonyl (C=O) groups excluding carboxylic acids is 1. The molecule has 0 spiro atoms. The predicted octanol–water partition coefficient (Wildman–Crippen LogP) is 1.94. The maximum atomic E-state index is 12.5. The minimum atomic E-state index is -0.482. The van der Waals surface area contributed by atoms with Crippen LogP contribution in [0, 0.1) is 10.1 Å². The van der Waals surface area contributed by atoms with Crippen molar-refractivity contribution in [2.75, 3.05) is 13.1 Å². The molecule has 1 saturated heterocycles. The first kappa shape index (κ1) is 14.5. The van der Waals surface area contributed by atoms with Gasteiger partial charge in [0, 0.05) is 30.3 Å². The van der Waals surface area contributed by atoms with Gasteiger partial charge in [0.2, 0.25) is 0 Å². The van der Waals surface area contributed by atoms with E-state index in [9.17, 15) is 14.9 Å². The summed E-state index contributed by atoms with van der Waals surface area (Å²) < 4.78 is 0. The Hall–Kier alpha value is -1.95. The van der Waals surface area contributed by atoms with Gasteiger partial charge < -0.3 is 10.6 Å². The number of nitro benzene ring substituents is 1. The Balaban J connectivity index is 2.20. The van der Waals surface area contributed by atoms with E-state index in [2.05, 4.69) is 0 Å². The average Bonchev–Trinajstić information content (AvgIpc) is 2.47. The van der Waals surface area contributed by atoms with Gasteiger partial charge in [-0.15, -0.1) is 0 Å². The van der Waals surface area contributed by atoms with Crippen LogP contribution in [-0.4, -0.2) is 34.9 Å². The molecule has 0 aliphatic carbocycles. The predicted molar refractivity (Wildman–Crippen MR) is 75.4 cm³/mol. The average molecular weight is 277 g/mol. The molecular weight excluding hydrogens is 258 g/mol. The van der Waals surface area contributed by atoms with E-state index in [1.807, 2.05) is 4.90 Å². The van der Waals surface area contributed by atoms with Crippen molar-refractivity contribution in [2.24, 2.45) is 5.73 Å². The second-order valence-corrected chi connectivity index (χ2v) is 5.03. The van der Waals surface area contributed by atoms with Gasteiger partial charge in [-0.3, -0.25) is 14.9 Å². The molecule has 1 unspecified atom stereocenters. The number of non-ortho nitro benzene ring substituents is 1. The van der Waals surface area contributed by atoms with Gasteiger partial charge in [-0.25, -0.2) is 0 Å². The van der Waals surface area contributed by atoms with E-state index in [4.69, 9.17) is 5.73 Å². The van der Waals surface area contributed by atoms with E-state index < -0.39 is 4.92 Å². The van der Waals surface area contributed by atoms with Crippen molar-refractivity contribution in [3.63, 3.8) is 0 Å². The Bertz CT molecular complexity index is 502. The molecular formula is C14H19N3O3. The number of piperidine rings is 1. The van der Waals surface area contributed by atoms with Crippen LogP contribution < -0.4 is 5.73 Å². The number of likely N-dealkylation sites (tertiary alicyclic amines) is 1. The molecule has 1 aromatic rings. The van der Waals surface area contributed by atoms with Gasteiger partial charge >= 0.3 is 0 Å². The molecule has 0 radical (unpaired) electrons. The molecule has 6 nitrogen and oxygen atoms in total. The van der Waals surface area contributed by atoms with Crippen molar-refractivity contribution in [2.45, 2.75) is 31.7 Å². The summed E-state index contributed by atoms with van der Waals surface area (Å²) in [6.07, 6.45) is 3.81. The maximum Gasteiger partial charge on any atom is 0.270 e. The van der Waals surface area contributed by atoms with Gasteiger partial charge in [-0.1, -0.05) is 6.07 Å². The molecule has 0 bridgehead atoms. The lowest BCUT2D eigenvalue weighted by atomic mass is 9.98. The highest BCUT2D eigenvalue weighted by Gasteiger charge is 2.27. The molecule has 108 valence electrons. The third-order valence-electron chi connectivity index (χ3n) is 3.69. The molecule has 6 heteroatoms. The summed E-state index contributed by atoms with van der Waals surface area (Å²) >= 11 is 0. The van der Waals surface area contributed by atoms with Crippen LogP contribution in [0.15, 0.2) is 24.3 Å². The highest BCUT2D eigenvalue weighted by Crippen LogP contribution is 2.23. The third kappa shape index (κ3) is 3.14. The molecule has 2 rings (SSSR count). The fraction of sp³-hybridized carbons (Fsp3) is 0.500. The van der Waals surface area contributed by atoms with Crippen molar-refractivity contribution in [3.8, 4) is 0 Å². The lowest BCUT2D eigenvalue weighted by molar-refractivity contribution is -0.384. The normalized spacial score (nSPS) is 18.9. The molecule has 1 aliphatic rings. The van der Waals surface area contributed by atoms with Crippen LogP contribution in [0.2, 0.25) is 0 Å². The summed E-state index contributed by atoms with van der Waals surface area (Å²) in [5.74, 6) is -0.133. The van der Waals surface area contributed by atoms with Crippen LogP contribution >= 0.6 is 0 Å². The van der Waals surface area contributed by atoms with Gasteiger partial charge in [-0.05, 0) is 38.3 Å². The number of hydrogen-bond donors (Lipinski definition) is 1. The van der Waals surface area contributed by atoms with Crippen LogP contribution in [-0.2, 0) is 0 Å². The lowest BCUT2D eigenvalue weighted by Gasteiger charge is -2.35. The molecule has 0 saturated carbocycles. The van der Waals surface area contributed by atoms with E-state index in [1.165, 1.54) is 12.1 Å². The van der Waals surface area contributed by atoms with Crippen LogP contribution in [0.3, 0.4) is 0 Å². The second kappa shape index (κ2) is 6.47. The fourth-order valence-electron chi connectivity index (χ4n) is 2.68. The van der Waals surface area contributed by atoms with E-state index in [0.29, 0.717) is 18.7 Å². The molecule has 2 N–H and O–H groups in total. The summed E-state index contributed by atoms with van der Waals surface area (Å²) in [4.78, 5) is 24.6. The smallest absolute Gasteiger partial charge is 0.270 e. The molecule has 1 aromatic carbocycles. The van der Waals surface area contributed by atoms with Crippen molar-refractivity contribution >= 4 is 11.6 Å². The monoisotopic (exact) mass is 277 g/mol. The van der Waals surface area contributed by atoms with Gasteiger partial charge in [-0.2, -0.15) is 0 Å². The summed E-state index contributed by atoms with van der Waals surface area (Å²) in [6, 6.07) is 6.07. The zero-order chi connectivity index (χ0) is 14.5. The standard InChI is InChI=1S/C14H19N3O3/c15-8-7-12-5-1-2-9-16(12)14(18)11-4-3-6-13(10-11)17(19)20/h3-4,6,10,12H,1-2,5,7-9,15H2. The summed E-state index contributed by atoms with van der Waals surface area (Å²) in [5.41, 5.74) is 5.92. The Morgan fingerprint density at radius 2 is 2.25 bits per heavy atom. The summed E-state index contributed by atoms with van der Waals surface area (Å²) in [7, 11) is 0. The first-order valence-electron chi connectivity index (χ1n) is 6.89. The number of nitro groups is 1. The number of carbonyl (C=O) groups is 1. The Morgan fingerprint density at radius 1 is 1.45 bits per heavy atom. The number of nitrogens with two attached hydrogens (primary N) is 1. The maximum absolute atomic E-state index is 12.5. The van der Waals surface area contributed by atoms with E-state index >= 15 is 0 Å². The van der Waals surface area contributed by atoms with E-state index in [0.717, 1.165) is 25.7 Å². The number of rotatable bonds is 4. The van der Waals surface area contributed by atoms with Crippen molar-refractivity contribution < 1.29 is 9.72 Å². The second-order valence-electron chi connectivity index (χ2n) is 5.03. The fourth-order valence-corrected chi connectivity index (χ4v) is 2.68. The van der Waals surface area contributed by atoms with Crippen molar-refractivity contribution in [1.29, 1.82) is 0 Å². The number of benzene rings is 1. The van der Waals surface area contributed by atoms with Gasteiger partial charge in [0.15, 0.2) is 0 Å². The van der Waals surface area contributed by atoms with Gasteiger partial charge in [0.25, 0.3) is 11.6 Å². The van der Waals surface area contributed by atoms with E-state index in [1.54, 1.807) is 12.1 Å². The molecule has 1 atom stereocenters. The van der Waals surface area contributed by atoms with Crippen molar-refractivity contribution in [3.05, 3.63) is 39.9 Å². The van der Waals surface area contributed by atoms with E-state index in [-0.39, 0.29) is 17.6 Å². The zero-order valence-electron chi connectivity index (χ0n) is 11.3. The number of amides is 1. The first-order chi connectivity index (χ1) is 9.63. The van der Waals surface area contributed by atoms with Crippen molar-refractivity contribution in [1.82, 2.24) is 4.90 Å². The van der Waals surface area contributed by atoms with Crippen LogP contribution in [0.25, 0.3) is 0 Å². The SMILES string of the molecule is NCCC1CCCCN1C(=O)c1cccc([N+](=O)[O-])c1. The molecule has 1 amide bonds. The number of nitrogens with zero attached hydrogens (tertiary/aromatic N) is 2. The lowest BCUT2D eigenvalue weighted by Crippen LogP contribution is -2.44. The molecule has 1 fully saturated rings. The topological polar surface area (TPSA) is 89.5 Å². The summed E-state index contributed by atoms with van der Waals surface area (Å²) in [6.45, 7) is 1.25. The van der Waals surface area contributed by atoms with Crippen LogP contribution in [0.5, 0.6) is 0 Å². The Labute approximate surface area is 117 Å². The molecule has 0 aromatic heterocycles. The van der Waals surface area contributed by atoms with Crippen LogP contribution in [0.4, 0.5) is 5.69 Å². The first-order valence-corrected chi connectivity index (χ1v) is 6.89. The minimum absolute atomic E-state index is 0.0526. The molecule has 20 heavy (non-hydrogen) atoms. The highest BCUT2D eigenvalue weighted by atomic mass is 16.6. The quantitative estimate of drug-likeness (QED) is 0.672. The highest BCUT2D eigenvalue weighted by molar-refractivity contribution is 5.95. The van der Waals surface area contributed by atoms with Gasteiger partial charge in [0.05, 0.1) is 4.92 Å². The number of hydrogen-bond acceptors (Lipinski definition) is 4. The Morgan fingerprint density at radius 3 is 2.95 bits per heavy atom. The van der Waals surface area contributed by atoms with Crippen LogP contribution in [0.1, 0.15) is 36.0 Å². The molecule has 1 aliphatic heterocycles. The zero-order valence-corrected chi connectivity index (χ0v) is 11.3. The molecule has 1 heterocycles.